The summed E-state index contributed by atoms with van der Waals surface area (Å²) in [6.45, 7) is 3.81. The molecule has 0 aliphatic rings. The van der Waals surface area contributed by atoms with E-state index in [0.29, 0.717) is 0 Å². The minimum atomic E-state index is -0.381. The van der Waals surface area contributed by atoms with Crippen LogP contribution in [-0.2, 0) is 19.6 Å². The summed E-state index contributed by atoms with van der Waals surface area (Å²) in [7, 11) is 1.95. The average Bonchev–Trinajstić information content (AvgIpc) is 3.44. The van der Waals surface area contributed by atoms with Gasteiger partial charge in [-0.1, -0.05) is 18.2 Å². The van der Waals surface area contributed by atoms with Crippen molar-refractivity contribution in [3.63, 3.8) is 0 Å². The van der Waals surface area contributed by atoms with Gasteiger partial charge in [-0.3, -0.25) is 15.1 Å². The maximum atomic E-state index is 10.7. The molecule has 0 saturated heterocycles. The Morgan fingerprint density at radius 1 is 0.900 bits per heavy atom. The fourth-order valence-electron chi connectivity index (χ4n) is 4.41. The lowest BCUT2D eigenvalue weighted by Crippen LogP contribution is -2.32. The molecule has 0 saturated carbocycles. The Kier molecular flexibility index (Phi) is 10.8. The van der Waals surface area contributed by atoms with E-state index in [4.69, 9.17) is 0 Å². The van der Waals surface area contributed by atoms with E-state index in [1.54, 1.807) is 12.1 Å². The van der Waals surface area contributed by atoms with Crippen molar-refractivity contribution >= 4 is 23.3 Å². The number of anilines is 2. The monoisotopic (exact) mass is 541 g/mol. The van der Waals surface area contributed by atoms with Crippen LogP contribution in [0.4, 0.5) is 17.1 Å². The van der Waals surface area contributed by atoms with Gasteiger partial charge in [0.25, 0.3) is 5.69 Å². The number of benzene rings is 2. The molecular weight excluding hydrogens is 502 g/mol. The number of unbranched alkanes of at least 4 members (excludes halogenated alkanes) is 3. The number of non-ortho nitro benzene ring substituents is 1. The van der Waals surface area contributed by atoms with E-state index in [9.17, 15) is 10.1 Å². The minimum absolute atomic E-state index is 0.112. The summed E-state index contributed by atoms with van der Waals surface area (Å²) in [4.78, 5) is 10.4. The van der Waals surface area contributed by atoms with E-state index in [0.717, 1.165) is 49.5 Å². The molecule has 1 N–H and O–H groups in total. The first-order valence-electron chi connectivity index (χ1n) is 13.9. The molecule has 0 fully saturated rings. The highest BCUT2D eigenvalue weighted by Gasteiger charge is 2.06. The van der Waals surface area contributed by atoms with Crippen molar-refractivity contribution in [1.82, 2.24) is 4.57 Å². The highest BCUT2D eigenvalue weighted by molar-refractivity contribution is 5.79. The summed E-state index contributed by atoms with van der Waals surface area (Å²) in [6.07, 6.45) is 18.3. The molecule has 9 nitrogen and oxygen atoms in total. The molecule has 0 amide bonds. The van der Waals surface area contributed by atoms with Gasteiger partial charge in [-0.15, -0.1) is 0 Å². The summed E-state index contributed by atoms with van der Waals surface area (Å²) < 4.78 is 6.71. The number of hydrogen-bond acceptors (Lipinski definition) is 5. The van der Waals surface area contributed by atoms with Crippen LogP contribution < -0.4 is 19.5 Å². The maximum Gasteiger partial charge on any atom is 0.269 e. The van der Waals surface area contributed by atoms with E-state index in [2.05, 4.69) is 67.4 Å². The molecule has 4 aromatic rings. The molecule has 0 aliphatic carbocycles. The van der Waals surface area contributed by atoms with E-state index < -0.39 is 0 Å². The maximum absolute atomic E-state index is 10.7. The Labute approximate surface area is 236 Å². The largest absolute Gasteiger partial charge is 0.385 e. The number of imidazole rings is 1. The lowest BCUT2D eigenvalue weighted by Gasteiger charge is -2.11. The summed E-state index contributed by atoms with van der Waals surface area (Å²) in [6, 6.07) is 20.9. The van der Waals surface area contributed by atoms with Crippen molar-refractivity contribution in [2.75, 3.05) is 23.9 Å². The molecule has 4 rings (SSSR count). The molecule has 0 radical (unpaired) electrons. The first-order valence-corrected chi connectivity index (χ1v) is 13.9. The second-order valence-electron chi connectivity index (χ2n) is 9.86. The Hall–Kier alpha value is -4.53. The van der Waals surface area contributed by atoms with Gasteiger partial charge in [0.2, 0.25) is 6.33 Å². The molecule has 2 aromatic carbocycles. The quantitative estimate of drug-likeness (QED) is 0.0695. The number of hydrazone groups is 1. The van der Waals surface area contributed by atoms with Crippen LogP contribution in [0.1, 0.15) is 37.7 Å². The van der Waals surface area contributed by atoms with Gasteiger partial charge in [-0.2, -0.15) is 5.10 Å². The fourth-order valence-corrected chi connectivity index (χ4v) is 4.41. The minimum Gasteiger partial charge on any atom is -0.385 e. The highest BCUT2D eigenvalue weighted by atomic mass is 16.6. The Bertz CT molecular complexity index is 1340. The fraction of sp³-hybridized carbons (Fsp3) is 0.323. The molecular formula is C31H39N7O2+2. The van der Waals surface area contributed by atoms with Crippen molar-refractivity contribution in [1.29, 1.82) is 0 Å². The van der Waals surface area contributed by atoms with E-state index in [-0.39, 0.29) is 10.6 Å². The van der Waals surface area contributed by atoms with Crippen molar-refractivity contribution in [3.8, 4) is 0 Å². The van der Waals surface area contributed by atoms with Gasteiger partial charge < -0.3 is 5.32 Å². The number of nitro benzene ring substituents is 1. The number of para-hydroxylation sites is 1. The van der Waals surface area contributed by atoms with Crippen molar-refractivity contribution in [3.05, 3.63) is 114 Å². The molecule has 0 atom stereocenters. The molecule has 0 bridgehead atoms. The van der Waals surface area contributed by atoms with Gasteiger partial charge in [-0.05, 0) is 43.5 Å². The van der Waals surface area contributed by atoms with Crippen LogP contribution in [-0.4, -0.2) is 29.3 Å². The van der Waals surface area contributed by atoms with Gasteiger partial charge in [0, 0.05) is 62.0 Å². The van der Waals surface area contributed by atoms with Gasteiger partial charge in [-0.25, -0.2) is 13.7 Å². The van der Waals surface area contributed by atoms with Crippen LogP contribution in [0.15, 0.2) is 103 Å². The third-order valence-electron chi connectivity index (χ3n) is 6.76. The third-order valence-corrected chi connectivity index (χ3v) is 6.76. The summed E-state index contributed by atoms with van der Waals surface area (Å²) >= 11 is 0. The predicted octanol–water partition coefficient (Wildman–Crippen LogP) is 5.20. The van der Waals surface area contributed by atoms with E-state index >= 15 is 0 Å². The number of pyridine rings is 1. The van der Waals surface area contributed by atoms with Gasteiger partial charge in [0.1, 0.15) is 18.9 Å². The van der Waals surface area contributed by atoms with Crippen LogP contribution in [0.5, 0.6) is 0 Å². The number of hydrogen-bond donors (Lipinski definition) is 1. The summed E-state index contributed by atoms with van der Waals surface area (Å²) in [5.74, 6) is 0. The van der Waals surface area contributed by atoms with Crippen LogP contribution in [0.25, 0.3) is 0 Å². The van der Waals surface area contributed by atoms with Crippen LogP contribution in [0.2, 0.25) is 0 Å². The van der Waals surface area contributed by atoms with Crippen molar-refractivity contribution < 1.29 is 14.1 Å². The molecule has 0 unspecified atom stereocenters. The molecule has 208 valence electrons. The molecule has 40 heavy (non-hydrogen) atoms. The number of aromatic nitrogens is 3. The zero-order valence-electron chi connectivity index (χ0n) is 23.2. The van der Waals surface area contributed by atoms with Crippen LogP contribution in [0, 0.1) is 10.1 Å². The lowest BCUT2D eigenvalue weighted by molar-refractivity contribution is -0.697. The summed E-state index contributed by atoms with van der Waals surface area (Å²) in [5, 5.41) is 20.5. The van der Waals surface area contributed by atoms with Crippen LogP contribution in [0.3, 0.4) is 0 Å². The second-order valence-corrected chi connectivity index (χ2v) is 9.86. The number of nitro groups is 1. The standard InChI is InChI=1S/C31H39N7O2/c1-34(30-10-5-4-6-11-30)33-26-28-16-22-35(23-17-28)19-7-2-3-8-20-36-24-25-37(27-36)21-9-18-32-29-12-14-31(15-13-29)38(39)40/h4-6,10-17,22-27,32H,2-3,7-9,18-21H2,1H3/q+2. The third kappa shape index (κ3) is 9.34. The van der Waals surface area contributed by atoms with Crippen molar-refractivity contribution in [2.45, 2.75) is 51.7 Å². The Balaban J connectivity index is 1.05. The molecule has 2 heterocycles. The lowest BCUT2D eigenvalue weighted by atomic mass is 10.2. The highest BCUT2D eigenvalue weighted by Crippen LogP contribution is 2.15. The first-order chi connectivity index (χ1) is 19.6. The molecule has 0 aliphatic heterocycles. The summed E-state index contributed by atoms with van der Waals surface area (Å²) in [5.41, 5.74) is 3.16. The molecule has 2 aromatic heterocycles. The van der Waals surface area contributed by atoms with Gasteiger partial charge >= 0.3 is 0 Å². The van der Waals surface area contributed by atoms with Gasteiger partial charge in [0.05, 0.1) is 29.9 Å². The number of nitrogens with zero attached hydrogens (tertiary/aromatic N) is 6. The van der Waals surface area contributed by atoms with E-state index in [1.165, 1.54) is 37.8 Å². The van der Waals surface area contributed by atoms with E-state index in [1.807, 2.05) is 48.6 Å². The zero-order chi connectivity index (χ0) is 28.0. The zero-order valence-corrected chi connectivity index (χ0v) is 23.2. The number of nitrogens with one attached hydrogen (secondary N) is 1. The van der Waals surface area contributed by atoms with Crippen molar-refractivity contribution in [2.24, 2.45) is 5.10 Å². The van der Waals surface area contributed by atoms with Gasteiger partial charge in [0.15, 0.2) is 12.4 Å². The first kappa shape index (κ1) is 28.5. The molecule has 9 heteroatoms. The number of rotatable bonds is 16. The smallest absolute Gasteiger partial charge is 0.269 e. The topological polar surface area (TPSA) is 83.5 Å². The normalized spacial score (nSPS) is 11.1. The average molecular weight is 542 g/mol. The Morgan fingerprint density at radius 2 is 1.62 bits per heavy atom. The molecule has 0 spiro atoms. The predicted molar refractivity (Wildman–Crippen MR) is 158 cm³/mol. The SMILES string of the molecule is CN(/N=C/c1cc[n+](CCCCCCn2cc[n+](CCCNc3ccc([N+](=O)[O-])cc3)c2)cc1)c1ccccc1. The van der Waals surface area contributed by atoms with Crippen LogP contribution >= 0.6 is 0 Å². The Morgan fingerprint density at radius 3 is 2.38 bits per heavy atom. The number of aryl methyl sites for hydroxylation is 3. The second kappa shape index (κ2) is 15.2.